The van der Waals surface area contributed by atoms with Crippen LogP contribution >= 0.6 is 23.5 Å². The molecule has 2 rings (SSSR count). The minimum Gasteiger partial charge on any atom is -0.337 e. The molecular formula is C11H20N2OS2. The van der Waals surface area contributed by atoms with E-state index < -0.39 is 0 Å². The Labute approximate surface area is 106 Å². The van der Waals surface area contributed by atoms with Gasteiger partial charge < -0.3 is 10.2 Å². The second-order valence-electron chi connectivity index (χ2n) is 4.43. The van der Waals surface area contributed by atoms with Gasteiger partial charge in [-0.2, -0.15) is 23.5 Å². The fraction of sp³-hybridized carbons (Fsp3) is 0.909. The number of hydrogen-bond acceptors (Lipinski definition) is 4. The Morgan fingerprint density at radius 2 is 2.19 bits per heavy atom. The summed E-state index contributed by atoms with van der Waals surface area (Å²) >= 11 is 3.86. The fourth-order valence-electron chi connectivity index (χ4n) is 2.17. The standard InChI is InChI=1S/C11H20N2OS2/c1-8-9(2)16-6-4-13(8)11(14)10-7-15-5-3-12-10/h8-10,12H,3-7H2,1-2H3. The first-order valence-corrected chi connectivity index (χ1v) is 8.13. The van der Waals surface area contributed by atoms with Crippen molar-refractivity contribution in [3.63, 3.8) is 0 Å². The minimum atomic E-state index is 0.0523. The molecule has 3 atom stereocenters. The van der Waals surface area contributed by atoms with E-state index in [4.69, 9.17) is 0 Å². The SMILES string of the molecule is CC1SCCN(C(=O)C2CSCCN2)C1C. The number of rotatable bonds is 1. The van der Waals surface area contributed by atoms with Gasteiger partial charge in [0.05, 0.1) is 6.04 Å². The molecule has 0 spiro atoms. The highest BCUT2D eigenvalue weighted by molar-refractivity contribution is 8.00. The van der Waals surface area contributed by atoms with Crippen LogP contribution in [-0.4, -0.2) is 58.5 Å². The molecule has 0 aliphatic carbocycles. The summed E-state index contributed by atoms with van der Waals surface area (Å²) < 4.78 is 0. The summed E-state index contributed by atoms with van der Waals surface area (Å²) in [7, 11) is 0. The average molecular weight is 260 g/mol. The Balaban J connectivity index is 1.96. The van der Waals surface area contributed by atoms with Crippen molar-refractivity contribution < 1.29 is 4.79 Å². The van der Waals surface area contributed by atoms with Gasteiger partial charge in [-0.25, -0.2) is 0 Å². The third-order valence-electron chi connectivity index (χ3n) is 3.39. The average Bonchev–Trinajstić information content (AvgIpc) is 2.33. The van der Waals surface area contributed by atoms with Crippen molar-refractivity contribution in [2.45, 2.75) is 31.2 Å². The van der Waals surface area contributed by atoms with Crippen molar-refractivity contribution in [3.05, 3.63) is 0 Å². The van der Waals surface area contributed by atoms with E-state index in [1.54, 1.807) is 0 Å². The molecule has 92 valence electrons. The quantitative estimate of drug-likeness (QED) is 0.764. The highest BCUT2D eigenvalue weighted by Crippen LogP contribution is 2.25. The summed E-state index contributed by atoms with van der Waals surface area (Å²) in [6.07, 6.45) is 0. The molecule has 2 saturated heterocycles. The Morgan fingerprint density at radius 1 is 1.38 bits per heavy atom. The van der Waals surface area contributed by atoms with Gasteiger partial charge in [-0.3, -0.25) is 4.79 Å². The van der Waals surface area contributed by atoms with Gasteiger partial charge in [0.1, 0.15) is 0 Å². The van der Waals surface area contributed by atoms with E-state index in [9.17, 15) is 4.79 Å². The summed E-state index contributed by atoms with van der Waals surface area (Å²) in [6.45, 7) is 6.27. The van der Waals surface area contributed by atoms with Gasteiger partial charge in [0.25, 0.3) is 0 Å². The van der Waals surface area contributed by atoms with Crippen LogP contribution in [0.1, 0.15) is 13.8 Å². The topological polar surface area (TPSA) is 32.3 Å². The normalized spacial score (nSPS) is 36.1. The molecule has 2 fully saturated rings. The smallest absolute Gasteiger partial charge is 0.240 e. The Morgan fingerprint density at radius 3 is 2.88 bits per heavy atom. The van der Waals surface area contributed by atoms with Crippen LogP contribution in [0, 0.1) is 0 Å². The third kappa shape index (κ3) is 2.68. The van der Waals surface area contributed by atoms with Gasteiger partial charge >= 0.3 is 0 Å². The lowest BCUT2D eigenvalue weighted by Crippen LogP contribution is -2.56. The van der Waals surface area contributed by atoms with E-state index >= 15 is 0 Å². The number of amides is 1. The van der Waals surface area contributed by atoms with E-state index in [1.807, 2.05) is 23.5 Å². The van der Waals surface area contributed by atoms with Crippen LogP contribution < -0.4 is 5.32 Å². The summed E-state index contributed by atoms with van der Waals surface area (Å²) in [4.78, 5) is 14.4. The first-order valence-electron chi connectivity index (χ1n) is 5.93. The lowest BCUT2D eigenvalue weighted by molar-refractivity contribution is -0.134. The molecule has 3 nitrogen and oxygen atoms in total. The summed E-state index contributed by atoms with van der Waals surface area (Å²) in [5.74, 6) is 3.46. The van der Waals surface area contributed by atoms with E-state index in [1.165, 1.54) is 0 Å². The fourth-order valence-corrected chi connectivity index (χ4v) is 4.19. The number of carbonyl (C=O) groups is 1. The van der Waals surface area contributed by atoms with Gasteiger partial charge in [0.15, 0.2) is 0 Å². The van der Waals surface area contributed by atoms with Gasteiger partial charge in [0.2, 0.25) is 5.91 Å². The zero-order chi connectivity index (χ0) is 11.5. The number of thioether (sulfide) groups is 2. The molecule has 0 aromatic heterocycles. The van der Waals surface area contributed by atoms with Crippen molar-refractivity contribution in [2.24, 2.45) is 0 Å². The van der Waals surface area contributed by atoms with Gasteiger partial charge in [-0.05, 0) is 6.92 Å². The Hall–Kier alpha value is 0.130. The number of nitrogens with one attached hydrogen (secondary N) is 1. The van der Waals surface area contributed by atoms with Crippen LogP contribution in [0.5, 0.6) is 0 Å². The molecular weight excluding hydrogens is 240 g/mol. The lowest BCUT2D eigenvalue weighted by Gasteiger charge is -2.40. The molecule has 0 aromatic rings. The van der Waals surface area contributed by atoms with Crippen LogP contribution in [-0.2, 0) is 4.79 Å². The summed E-state index contributed by atoms with van der Waals surface area (Å²) in [6, 6.07) is 0.427. The maximum Gasteiger partial charge on any atom is 0.240 e. The summed E-state index contributed by atoms with van der Waals surface area (Å²) in [5, 5.41) is 3.90. The lowest BCUT2D eigenvalue weighted by atomic mass is 10.1. The maximum atomic E-state index is 12.3. The van der Waals surface area contributed by atoms with Crippen molar-refractivity contribution in [3.8, 4) is 0 Å². The van der Waals surface area contributed by atoms with Gasteiger partial charge in [-0.1, -0.05) is 6.92 Å². The van der Waals surface area contributed by atoms with E-state index in [0.717, 1.165) is 30.3 Å². The molecule has 1 N–H and O–H groups in total. The molecule has 0 radical (unpaired) electrons. The zero-order valence-electron chi connectivity index (χ0n) is 9.94. The second-order valence-corrected chi connectivity index (χ2v) is 7.06. The molecule has 5 heteroatoms. The minimum absolute atomic E-state index is 0.0523. The molecule has 0 bridgehead atoms. The molecule has 3 unspecified atom stereocenters. The van der Waals surface area contributed by atoms with Gasteiger partial charge in [0, 0.05) is 41.6 Å². The first-order chi connectivity index (χ1) is 7.70. The van der Waals surface area contributed by atoms with Crippen LogP contribution in [0.25, 0.3) is 0 Å². The summed E-state index contributed by atoms with van der Waals surface area (Å²) in [5.41, 5.74) is 0. The maximum absolute atomic E-state index is 12.3. The molecule has 0 aromatic carbocycles. The van der Waals surface area contributed by atoms with Crippen molar-refractivity contribution in [1.29, 1.82) is 0 Å². The zero-order valence-corrected chi connectivity index (χ0v) is 11.6. The van der Waals surface area contributed by atoms with Crippen LogP contribution in [0.3, 0.4) is 0 Å². The molecule has 0 saturated carbocycles. The second kappa shape index (κ2) is 5.65. The van der Waals surface area contributed by atoms with Crippen LogP contribution in [0.2, 0.25) is 0 Å². The molecule has 1 amide bonds. The number of carbonyl (C=O) groups excluding carboxylic acids is 1. The van der Waals surface area contributed by atoms with Crippen molar-refractivity contribution in [1.82, 2.24) is 10.2 Å². The predicted octanol–water partition coefficient (Wildman–Crippen LogP) is 1.04. The number of hydrogen-bond donors (Lipinski definition) is 1. The highest BCUT2D eigenvalue weighted by atomic mass is 32.2. The third-order valence-corrected chi connectivity index (χ3v) is 5.79. The van der Waals surface area contributed by atoms with Crippen molar-refractivity contribution in [2.75, 3.05) is 30.3 Å². The van der Waals surface area contributed by atoms with Crippen LogP contribution in [0.15, 0.2) is 0 Å². The predicted molar refractivity (Wildman–Crippen MR) is 72.2 cm³/mol. The van der Waals surface area contributed by atoms with Crippen LogP contribution in [0.4, 0.5) is 0 Å². The number of nitrogens with zero attached hydrogens (tertiary/aromatic N) is 1. The first kappa shape index (κ1) is 12.6. The van der Waals surface area contributed by atoms with Crippen molar-refractivity contribution >= 4 is 29.4 Å². The van der Waals surface area contributed by atoms with E-state index in [2.05, 4.69) is 24.1 Å². The molecule has 2 aliphatic heterocycles. The largest absolute Gasteiger partial charge is 0.337 e. The van der Waals surface area contributed by atoms with Gasteiger partial charge in [-0.15, -0.1) is 0 Å². The Kier molecular flexibility index (Phi) is 4.44. The van der Waals surface area contributed by atoms with E-state index in [0.29, 0.717) is 17.2 Å². The molecule has 2 heterocycles. The van der Waals surface area contributed by atoms with E-state index in [-0.39, 0.29) is 6.04 Å². The molecule has 16 heavy (non-hydrogen) atoms. The molecule has 2 aliphatic rings. The monoisotopic (exact) mass is 260 g/mol. The highest BCUT2D eigenvalue weighted by Gasteiger charge is 2.33. The Bertz CT molecular complexity index is 256.